The van der Waals surface area contributed by atoms with Crippen molar-refractivity contribution in [3.8, 4) is 0 Å². The van der Waals surface area contributed by atoms with Crippen LogP contribution in [-0.2, 0) is 13.1 Å². The fourth-order valence-electron chi connectivity index (χ4n) is 6.00. The van der Waals surface area contributed by atoms with Gasteiger partial charge in [-0.15, -0.1) is 0 Å². The van der Waals surface area contributed by atoms with Gasteiger partial charge >= 0.3 is 0 Å². The summed E-state index contributed by atoms with van der Waals surface area (Å²) < 4.78 is 3.86. The summed E-state index contributed by atoms with van der Waals surface area (Å²) in [5, 5.41) is 0. The fraction of sp³-hybridized carbons (Fsp3) is 0.560. The molecule has 2 aromatic rings. The highest BCUT2D eigenvalue weighted by atomic mass is 16.1. The van der Waals surface area contributed by atoms with Gasteiger partial charge in [-0.1, -0.05) is 19.1 Å². The molecule has 6 heteroatoms. The first-order chi connectivity index (χ1) is 15.0. The smallest absolute Gasteiger partial charge is 0.250 e. The van der Waals surface area contributed by atoms with Gasteiger partial charge < -0.3 is 14.0 Å². The van der Waals surface area contributed by atoms with Crippen molar-refractivity contribution in [2.75, 3.05) is 26.2 Å². The van der Waals surface area contributed by atoms with Crippen LogP contribution >= 0.6 is 0 Å². The Morgan fingerprint density at radius 1 is 0.935 bits per heavy atom. The monoisotopic (exact) mass is 420 g/mol. The number of likely N-dealkylation sites (tertiary alicyclic amines) is 1. The summed E-state index contributed by atoms with van der Waals surface area (Å²) in [6.07, 6.45) is 2.26. The fourth-order valence-corrected chi connectivity index (χ4v) is 6.00. The number of pyridine rings is 2. The molecule has 2 fully saturated rings. The molecule has 1 saturated heterocycles. The van der Waals surface area contributed by atoms with Crippen molar-refractivity contribution in [3.05, 3.63) is 68.5 Å². The van der Waals surface area contributed by atoms with Crippen LogP contribution in [0.1, 0.15) is 49.9 Å². The van der Waals surface area contributed by atoms with Crippen LogP contribution < -0.4 is 11.1 Å². The van der Waals surface area contributed by atoms with Crippen LogP contribution in [0, 0.1) is 11.8 Å². The van der Waals surface area contributed by atoms with Gasteiger partial charge in [-0.05, 0) is 37.8 Å². The van der Waals surface area contributed by atoms with E-state index in [1.807, 2.05) is 28.2 Å². The van der Waals surface area contributed by atoms with Crippen LogP contribution in [0.5, 0.6) is 0 Å². The number of hydrogen-bond donors (Lipinski definition) is 0. The van der Waals surface area contributed by atoms with Crippen LogP contribution in [0.15, 0.2) is 51.0 Å². The van der Waals surface area contributed by atoms with Crippen molar-refractivity contribution in [1.29, 1.82) is 0 Å². The van der Waals surface area contributed by atoms with Gasteiger partial charge in [0.15, 0.2) is 0 Å². The lowest BCUT2D eigenvalue weighted by molar-refractivity contribution is 0.164. The molecule has 0 amide bonds. The molecule has 3 aliphatic heterocycles. The van der Waals surface area contributed by atoms with Gasteiger partial charge in [-0.3, -0.25) is 14.6 Å². The molecule has 2 bridgehead atoms. The second kappa shape index (κ2) is 8.23. The largest absolute Gasteiger partial charge is 0.313 e. The normalized spacial score (nSPS) is 28.9. The Kier molecular flexibility index (Phi) is 5.42. The summed E-state index contributed by atoms with van der Waals surface area (Å²) in [5.41, 5.74) is 3.84. The Hall–Kier alpha value is -2.47. The van der Waals surface area contributed by atoms with Crippen LogP contribution in [0.3, 0.4) is 0 Å². The van der Waals surface area contributed by atoms with Crippen molar-refractivity contribution < 1.29 is 0 Å². The van der Waals surface area contributed by atoms with E-state index >= 15 is 0 Å². The number of piperidine rings is 1. The minimum atomic E-state index is 0.104. The van der Waals surface area contributed by atoms with Gasteiger partial charge in [-0.25, -0.2) is 0 Å². The number of aliphatic imine (C=N–C) groups is 1. The van der Waals surface area contributed by atoms with Gasteiger partial charge in [0.25, 0.3) is 11.1 Å². The van der Waals surface area contributed by atoms with E-state index in [0.717, 1.165) is 57.8 Å². The first-order valence-electron chi connectivity index (χ1n) is 11.7. The molecule has 1 saturated carbocycles. The van der Waals surface area contributed by atoms with Crippen molar-refractivity contribution >= 4 is 5.71 Å². The van der Waals surface area contributed by atoms with E-state index < -0.39 is 0 Å². The van der Waals surface area contributed by atoms with Gasteiger partial charge in [0.05, 0.1) is 6.54 Å². The van der Waals surface area contributed by atoms with E-state index in [9.17, 15) is 9.59 Å². The zero-order valence-corrected chi connectivity index (χ0v) is 18.5. The number of nitrogens with zero attached hydrogens (tertiary/aromatic N) is 4. The quantitative estimate of drug-likeness (QED) is 0.747. The predicted octanol–water partition coefficient (Wildman–Crippen LogP) is 2.71. The number of hydrogen-bond acceptors (Lipinski definition) is 4. The zero-order chi connectivity index (χ0) is 21.5. The standard InChI is InChI=1S/C25H32N4O2/c1-3-28-21(6-4-8-23(28)30)18-12-17(2)14-27(15-18)11-10-26-25-19-13-20(25)22-7-5-9-24(31)29(22)16-19/h4-9,17-20H,3,10-16H2,1-2H3. The average Bonchev–Trinajstić information content (AvgIpc) is 2.76. The van der Waals surface area contributed by atoms with Crippen LogP contribution in [-0.4, -0.2) is 45.9 Å². The Labute approximate surface area is 183 Å². The summed E-state index contributed by atoms with van der Waals surface area (Å²) >= 11 is 0. The van der Waals surface area contributed by atoms with Gasteiger partial charge in [0, 0.05) is 79.7 Å². The van der Waals surface area contributed by atoms with Crippen molar-refractivity contribution in [1.82, 2.24) is 14.0 Å². The Morgan fingerprint density at radius 2 is 1.71 bits per heavy atom. The molecular formula is C25H32N4O2. The van der Waals surface area contributed by atoms with Crippen LogP contribution in [0.4, 0.5) is 0 Å². The van der Waals surface area contributed by atoms with Crippen molar-refractivity contribution in [3.63, 3.8) is 0 Å². The Bertz CT molecular complexity index is 1110. The predicted molar refractivity (Wildman–Crippen MR) is 123 cm³/mol. The first kappa shape index (κ1) is 20.4. The van der Waals surface area contributed by atoms with Gasteiger partial charge in [-0.2, -0.15) is 0 Å². The summed E-state index contributed by atoms with van der Waals surface area (Å²) in [7, 11) is 0. The Morgan fingerprint density at radius 3 is 2.52 bits per heavy atom. The molecule has 0 N–H and O–H groups in total. The molecule has 31 heavy (non-hydrogen) atoms. The molecule has 0 radical (unpaired) electrons. The lowest BCUT2D eigenvalue weighted by atomic mass is 9.68. The molecule has 0 aromatic carbocycles. The van der Waals surface area contributed by atoms with Gasteiger partial charge in [0.2, 0.25) is 0 Å². The maximum atomic E-state index is 12.3. The zero-order valence-electron chi connectivity index (χ0n) is 18.5. The van der Waals surface area contributed by atoms with Crippen LogP contribution in [0.2, 0.25) is 0 Å². The molecule has 0 spiro atoms. The minimum absolute atomic E-state index is 0.104. The maximum Gasteiger partial charge on any atom is 0.250 e. The molecule has 2 aromatic heterocycles. The second-order valence-corrected chi connectivity index (χ2v) is 9.52. The van der Waals surface area contributed by atoms with E-state index in [2.05, 4.69) is 24.0 Å². The molecule has 4 atom stereocenters. The molecule has 4 aliphatic rings. The highest BCUT2D eigenvalue weighted by molar-refractivity contribution is 5.98. The molecular weight excluding hydrogens is 388 g/mol. The Balaban J connectivity index is 1.26. The second-order valence-electron chi connectivity index (χ2n) is 9.52. The summed E-state index contributed by atoms with van der Waals surface area (Å²) in [6, 6.07) is 11.3. The number of rotatable bonds is 5. The lowest BCUT2D eigenvalue weighted by Gasteiger charge is -2.44. The lowest BCUT2D eigenvalue weighted by Crippen LogP contribution is -2.48. The van der Waals surface area contributed by atoms with Gasteiger partial charge in [0.1, 0.15) is 0 Å². The third-order valence-electron chi connectivity index (χ3n) is 7.40. The van der Waals surface area contributed by atoms with E-state index in [0.29, 0.717) is 23.7 Å². The molecule has 164 valence electrons. The minimum Gasteiger partial charge on any atom is -0.313 e. The third kappa shape index (κ3) is 3.71. The third-order valence-corrected chi connectivity index (χ3v) is 7.40. The summed E-state index contributed by atoms with van der Waals surface area (Å²) in [4.78, 5) is 31.9. The van der Waals surface area contributed by atoms with E-state index in [1.165, 1.54) is 11.4 Å². The van der Waals surface area contributed by atoms with E-state index in [-0.39, 0.29) is 11.1 Å². The van der Waals surface area contributed by atoms with Crippen LogP contribution in [0.25, 0.3) is 0 Å². The molecule has 1 aliphatic carbocycles. The number of aromatic nitrogens is 2. The highest BCUT2D eigenvalue weighted by Crippen LogP contribution is 2.43. The van der Waals surface area contributed by atoms with Crippen molar-refractivity contribution in [2.45, 2.75) is 51.6 Å². The molecule has 5 heterocycles. The van der Waals surface area contributed by atoms with Crippen molar-refractivity contribution in [2.24, 2.45) is 16.8 Å². The topological polar surface area (TPSA) is 59.6 Å². The van der Waals surface area contributed by atoms with E-state index in [1.54, 1.807) is 12.1 Å². The first-order valence-corrected chi connectivity index (χ1v) is 11.7. The molecule has 4 unspecified atom stereocenters. The summed E-state index contributed by atoms with van der Waals surface area (Å²) in [6.45, 7) is 9.72. The maximum absolute atomic E-state index is 12.3. The molecule has 6 rings (SSSR count). The summed E-state index contributed by atoms with van der Waals surface area (Å²) in [5.74, 6) is 1.78. The highest BCUT2D eigenvalue weighted by Gasteiger charge is 2.43. The van der Waals surface area contributed by atoms with E-state index in [4.69, 9.17) is 4.99 Å². The SMILES string of the molecule is CCn1c(C2CC(C)CN(CCN=C3C4CC3c3cccc(=O)n3C4)C2)cccc1=O. The molecule has 6 nitrogen and oxygen atoms in total. The average molecular weight is 421 g/mol.